The van der Waals surface area contributed by atoms with Crippen LogP contribution in [0.5, 0.6) is 0 Å². The molecule has 15 heavy (non-hydrogen) atoms. The molecule has 0 fully saturated rings. The van der Waals surface area contributed by atoms with Crippen molar-refractivity contribution in [2.75, 3.05) is 0 Å². The zero-order valence-electron chi connectivity index (χ0n) is 8.14. The summed E-state index contributed by atoms with van der Waals surface area (Å²) in [5.41, 5.74) is 1.14. The number of hydrogen-bond donors (Lipinski definition) is 0. The van der Waals surface area contributed by atoms with E-state index in [0.717, 1.165) is 5.56 Å². The van der Waals surface area contributed by atoms with E-state index in [9.17, 15) is 9.18 Å². The first-order valence-corrected chi connectivity index (χ1v) is 4.49. The maximum Gasteiger partial charge on any atom is 0.271 e. The van der Waals surface area contributed by atoms with Crippen molar-refractivity contribution in [2.24, 2.45) is 0 Å². The van der Waals surface area contributed by atoms with E-state index in [0.29, 0.717) is 5.69 Å². The van der Waals surface area contributed by atoms with Gasteiger partial charge in [0.05, 0.1) is 11.9 Å². The van der Waals surface area contributed by atoms with Gasteiger partial charge in [-0.3, -0.25) is 4.79 Å². The fourth-order valence-electron chi connectivity index (χ4n) is 1.28. The molecule has 0 aliphatic rings. The summed E-state index contributed by atoms with van der Waals surface area (Å²) in [6.07, 6.45) is 1.59. The molecule has 0 unspecified atom stereocenters. The summed E-state index contributed by atoms with van der Waals surface area (Å²) in [5, 5.41) is 3.96. The first-order valence-electron chi connectivity index (χ1n) is 4.49. The Morgan fingerprint density at radius 3 is 2.53 bits per heavy atom. The molecule has 0 bridgehead atoms. The summed E-state index contributed by atoms with van der Waals surface area (Å²) in [4.78, 5) is 11.5. The molecule has 0 saturated heterocycles. The second-order valence-corrected chi connectivity index (χ2v) is 3.26. The summed E-state index contributed by atoms with van der Waals surface area (Å²) in [7, 11) is 0. The van der Waals surface area contributed by atoms with Crippen LogP contribution in [0.4, 0.5) is 4.39 Å². The number of hydrogen-bond acceptors (Lipinski definition) is 2. The third kappa shape index (κ3) is 1.93. The summed E-state index contributed by atoms with van der Waals surface area (Å²) >= 11 is 0. The second kappa shape index (κ2) is 3.65. The Bertz CT molecular complexity index is 531. The van der Waals surface area contributed by atoms with Crippen LogP contribution in [0, 0.1) is 12.7 Å². The van der Waals surface area contributed by atoms with Crippen molar-refractivity contribution in [1.82, 2.24) is 9.78 Å². The van der Waals surface area contributed by atoms with E-state index >= 15 is 0 Å². The molecule has 0 radical (unpaired) electrons. The Balaban J connectivity index is 2.55. The van der Waals surface area contributed by atoms with Gasteiger partial charge in [0.2, 0.25) is 0 Å². The van der Waals surface area contributed by atoms with E-state index in [4.69, 9.17) is 0 Å². The molecule has 4 heteroatoms. The monoisotopic (exact) mass is 204 g/mol. The quantitative estimate of drug-likeness (QED) is 0.708. The molecule has 1 heterocycles. The lowest BCUT2D eigenvalue weighted by molar-refractivity contribution is 0.626. The van der Waals surface area contributed by atoms with Gasteiger partial charge in [0.1, 0.15) is 5.82 Å². The average molecular weight is 204 g/mol. The average Bonchev–Trinajstić information content (AvgIpc) is 2.20. The molecule has 0 amide bonds. The molecule has 2 aromatic rings. The van der Waals surface area contributed by atoms with Gasteiger partial charge in [0.15, 0.2) is 0 Å². The highest BCUT2D eigenvalue weighted by Gasteiger charge is 2.00. The highest BCUT2D eigenvalue weighted by atomic mass is 19.1. The van der Waals surface area contributed by atoms with Gasteiger partial charge in [-0.15, -0.1) is 0 Å². The number of nitrogens with zero attached hydrogens (tertiary/aromatic N) is 2. The molecule has 0 aliphatic heterocycles. The Morgan fingerprint density at radius 1 is 1.27 bits per heavy atom. The Morgan fingerprint density at radius 2 is 1.93 bits per heavy atom. The van der Waals surface area contributed by atoms with E-state index < -0.39 is 0 Å². The molecular weight excluding hydrogens is 195 g/mol. The van der Waals surface area contributed by atoms with Crippen LogP contribution in [-0.4, -0.2) is 9.78 Å². The van der Waals surface area contributed by atoms with Gasteiger partial charge in [-0.1, -0.05) is 0 Å². The predicted molar refractivity (Wildman–Crippen MR) is 54.5 cm³/mol. The molecule has 0 atom stereocenters. The van der Waals surface area contributed by atoms with Gasteiger partial charge in [-0.05, 0) is 36.8 Å². The third-order valence-corrected chi connectivity index (χ3v) is 2.01. The molecule has 0 aliphatic carbocycles. The highest BCUT2D eigenvalue weighted by Crippen LogP contribution is 2.05. The first kappa shape index (κ1) is 9.58. The predicted octanol–water partition coefficient (Wildman–Crippen LogP) is 1.68. The van der Waals surface area contributed by atoms with Crippen LogP contribution in [0.2, 0.25) is 0 Å². The lowest BCUT2D eigenvalue weighted by Gasteiger charge is -2.03. The Hall–Kier alpha value is -1.97. The van der Waals surface area contributed by atoms with Crippen LogP contribution < -0.4 is 5.56 Å². The smallest absolute Gasteiger partial charge is 0.267 e. The molecular formula is C11H9FN2O. The maximum absolute atomic E-state index is 12.7. The number of benzene rings is 1. The molecule has 0 spiro atoms. The minimum absolute atomic E-state index is 0.221. The molecule has 0 saturated carbocycles. The Labute approximate surface area is 85.8 Å². The zero-order chi connectivity index (χ0) is 10.8. The highest BCUT2D eigenvalue weighted by molar-refractivity contribution is 5.30. The van der Waals surface area contributed by atoms with E-state index in [1.54, 1.807) is 13.1 Å². The number of halogens is 1. The minimum Gasteiger partial charge on any atom is -0.267 e. The number of aryl methyl sites for hydroxylation is 1. The van der Waals surface area contributed by atoms with Gasteiger partial charge in [0, 0.05) is 6.07 Å². The SMILES string of the molecule is Cc1cnn(-c2ccc(F)cc2)c(=O)c1. The standard InChI is InChI=1S/C11H9FN2O/c1-8-6-11(15)14(13-7-8)10-4-2-9(12)3-5-10/h2-7H,1H3. The van der Waals surface area contributed by atoms with Crippen molar-refractivity contribution in [3.63, 3.8) is 0 Å². The van der Waals surface area contributed by atoms with Crippen LogP contribution in [0.15, 0.2) is 41.3 Å². The number of rotatable bonds is 1. The van der Waals surface area contributed by atoms with Crippen molar-refractivity contribution >= 4 is 0 Å². The summed E-state index contributed by atoms with van der Waals surface area (Å²) < 4.78 is 13.9. The lowest BCUT2D eigenvalue weighted by atomic mass is 10.3. The Kier molecular flexibility index (Phi) is 2.33. The summed E-state index contributed by atoms with van der Waals surface area (Å²) in [6.45, 7) is 1.80. The molecule has 1 aromatic carbocycles. The molecule has 1 aromatic heterocycles. The maximum atomic E-state index is 12.7. The second-order valence-electron chi connectivity index (χ2n) is 3.26. The van der Waals surface area contributed by atoms with Crippen molar-refractivity contribution in [2.45, 2.75) is 6.92 Å². The van der Waals surface area contributed by atoms with E-state index in [1.165, 1.54) is 35.0 Å². The lowest BCUT2D eigenvalue weighted by Crippen LogP contribution is -2.20. The molecule has 3 nitrogen and oxygen atoms in total. The van der Waals surface area contributed by atoms with Crippen molar-refractivity contribution in [3.05, 3.63) is 58.3 Å². The summed E-state index contributed by atoms with van der Waals surface area (Å²) in [5.74, 6) is -0.334. The number of aromatic nitrogens is 2. The van der Waals surface area contributed by atoms with E-state index in [1.807, 2.05) is 0 Å². The molecule has 76 valence electrons. The van der Waals surface area contributed by atoms with E-state index in [-0.39, 0.29) is 11.4 Å². The van der Waals surface area contributed by atoms with Crippen LogP contribution >= 0.6 is 0 Å². The van der Waals surface area contributed by atoms with Crippen LogP contribution in [-0.2, 0) is 0 Å². The zero-order valence-corrected chi connectivity index (χ0v) is 8.14. The first-order chi connectivity index (χ1) is 7.16. The van der Waals surface area contributed by atoms with Gasteiger partial charge >= 0.3 is 0 Å². The van der Waals surface area contributed by atoms with Crippen LogP contribution in [0.3, 0.4) is 0 Å². The third-order valence-electron chi connectivity index (χ3n) is 2.01. The fraction of sp³-hybridized carbons (Fsp3) is 0.0909. The van der Waals surface area contributed by atoms with Crippen molar-refractivity contribution < 1.29 is 4.39 Å². The molecule has 2 rings (SSSR count). The minimum atomic E-state index is -0.334. The molecule has 0 N–H and O–H groups in total. The van der Waals surface area contributed by atoms with Crippen molar-refractivity contribution in [1.29, 1.82) is 0 Å². The normalized spacial score (nSPS) is 10.3. The fourth-order valence-corrected chi connectivity index (χ4v) is 1.28. The van der Waals surface area contributed by atoms with Crippen LogP contribution in [0.1, 0.15) is 5.56 Å². The van der Waals surface area contributed by atoms with Gasteiger partial charge in [0.25, 0.3) is 5.56 Å². The largest absolute Gasteiger partial charge is 0.271 e. The topological polar surface area (TPSA) is 34.9 Å². The van der Waals surface area contributed by atoms with Crippen LogP contribution in [0.25, 0.3) is 5.69 Å². The summed E-state index contributed by atoms with van der Waals surface area (Å²) in [6, 6.07) is 7.10. The van der Waals surface area contributed by atoms with Crippen molar-refractivity contribution in [3.8, 4) is 5.69 Å². The van der Waals surface area contributed by atoms with Gasteiger partial charge in [-0.2, -0.15) is 9.78 Å². The van der Waals surface area contributed by atoms with Gasteiger partial charge < -0.3 is 0 Å². The van der Waals surface area contributed by atoms with Gasteiger partial charge in [-0.25, -0.2) is 4.39 Å². The van der Waals surface area contributed by atoms with E-state index in [2.05, 4.69) is 5.10 Å².